The molecule has 6 saturated heterocycles. The number of hydrogen-bond donors (Lipinski definition) is 3. The number of rotatable bonds is 14. The van der Waals surface area contributed by atoms with Gasteiger partial charge in [0.25, 0.3) is 16.7 Å². The van der Waals surface area contributed by atoms with Crippen molar-refractivity contribution in [2.45, 2.75) is 154 Å². The van der Waals surface area contributed by atoms with Crippen molar-refractivity contribution >= 4 is 23.8 Å². The molecule has 3 N–H and O–H groups in total. The van der Waals surface area contributed by atoms with Gasteiger partial charge in [-0.05, 0) is 143 Å². The number of likely N-dealkylation sites (tertiary alicyclic amines) is 3. The molecule has 6 aliphatic rings. The summed E-state index contributed by atoms with van der Waals surface area (Å²) in [5, 5.41) is 0. The van der Waals surface area contributed by atoms with Crippen LogP contribution in [-0.2, 0) is 26.1 Å². The first-order chi connectivity index (χ1) is 41.0. The maximum Gasteiger partial charge on any atom is 0.252 e. The molecule has 6 aromatic rings. The van der Waals surface area contributed by atoms with Gasteiger partial charge in [0.1, 0.15) is 11.6 Å². The molecule has 12 heterocycles. The zero-order valence-electron chi connectivity index (χ0n) is 50.2. The molecule has 0 aliphatic carbocycles. The van der Waals surface area contributed by atoms with Gasteiger partial charge in [-0.2, -0.15) is 0 Å². The van der Waals surface area contributed by atoms with Gasteiger partial charge in [0, 0.05) is 169 Å². The van der Waals surface area contributed by atoms with E-state index in [1.165, 1.54) is 57.8 Å². The fourth-order valence-corrected chi connectivity index (χ4v) is 12.5. The first-order valence-electron chi connectivity index (χ1n) is 31.3. The van der Waals surface area contributed by atoms with Gasteiger partial charge < -0.3 is 19.6 Å². The number of nitrogens with zero attached hydrogens (tertiary/aromatic N) is 16. The average molecular weight is 1150 g/mol. The van der Waals surface area contributed by atoms with Crippen LogP contribution in [0, 0.1) is 6.92 Å². The summed E-state index contributed by atoms with van der Waals surface area (Å²) in [5.74, 6) is 5.79. The van der Waals surface area contributed by atoms with E-state index in [0.717, 1.165) is 212 Å². The predicted molar refractivity (Wildman–Crippen MR) is 329 cm³/mol. The monoisotopic (exact) mass is 1150 g/mol. The van der Waals surface area contributed by atoms with Crippen molar-refractivity contribution in [2.75, 3.05) is 112 Å². The highest BCUT2D eigenvalue weighted by atomic mass is 16.1. The van der Waals surface area contributed by atoms with Crippen LogP contribution in [0.1, 0.15) is 166 Å². The molecule has 0 spiro atoms. The fourth-order valence-electron chi connectivity index (χ4n) is 12.5. The second-order valence-electron chi connectivity index (χ2n) is 24.1. The normalized spacial score (nSPS) is 19.1. The van der Waals surface area contributed by atoms with E-state index in [9.17, 15) is 14.4 Å². The Morgan fingerprint density at radius 1 is 0.429 bits per heavy atom. The third kappa shape index (κ3) is 17.1. The molecule has 12 rings (SSSR count). The second kappa shape index (κ2) is 29.7. The zero-order chi connectivity index (χ0) is 58.2. The lowest BCUT2D eigenvalue weighted by atomic mass is 9.93. The van der Waals surface area contributed by atoms with Crippen molar-refractivity contribution in [1.29, 1.82) is 0 Å². The van der Waals surface area contributed by atoms with Gasteiger partial charge in [0.15, 0.2) is 0 Å². The standard InChI is InChI=1S/C21H31N7O.C21H30N6O.C20H28N6O/c1-26(2)20-22-13-16(14-23-20)15-27-10-6-17(7-11-27)18-12-19(29)25-21(24-18)28-8-4-3-5-9-28;1-2-19-22-13-16(14-23-19)15-26-10-6-17(7-11-26)18-12-20(28)25-21(24-18)27-8-4-3-5-9-27;1-15-21-12-16(13-22-15)14-25-9-5-17(6-10-25)18-11-19(27)24-20(23-18)26-7-3-2-4-8-26/h12-14,17H,3-11,15H2,1-2H3,(H,24,25,29);12-14,17H,2-11,15H2,1H3,(H,24,25,28);11-13,17H,2-10,14H2,1H3,(H,23,24,27). The van der Waals surface area contributed by atoms with Crippen molar-refractivity contribution in [3.05, 3.63) is 132 Å². The lowest BCUT2D eigenvalue weighted by Gasteiger charge is -2.32. The number of aromatic nitrogens is 12. The van der Waals surface area contributed by atoms with Crippen LogP contribution in [0.2, 0.25) is 0 Å². The molecule has 450 valence electrons. The Kier molecular flexibility index (Phi) is 21.2. The SMILES string of the molecule is CCc1ncc(CN2CCC(c3cc(=O)[nH]c(N4CCCCC4)n3)CC2)cn1.CN(C)c1ncc(CN2CCC(c3cc(=O)[nH]c(N4CCCCC4)n3)CC2)cn1.Cc1ncc(CN2CCC(c3cc(=O)[nH]c(N4CCCCC4)n3)CC2)cn1. The van der Waals surface area contributed by atoms with E-state index in [1.54, 1.807) is 18.2 Å². The summed E-state index contributed by atoms with van der Waals surface area (Å²) in [6.07, 6.45) is 29.4. The Hall–Kier alpha value is -7.04. The van der Waals surface area contributed by atoms with Crippen molar-refractivity contribution in [3.8, 4) is 0 Å². The van der Waals surface area contributed by atoms with Crippen LogP contribution in [0.15, 0.2) is 69.8 Å². The van der Waals surface area contributed by atoms with Crippen LogP contribution in [0.4, 0.5) is 23.8 Å². The van der Waals surface area contributed by atoms with Gasteiger partial charge in [-0.1, -0.05) is 6.92 Å². The molecule has 6 aromatic heterocycles. The minimum Gasteiger partial charge on any atom is -0.347 e. The van der Waals surface area contributed by atoms with Crippen molar-refractivity contribution in [1.82, 2.24) is 74.5 Å². The number of nitrogens with one attached hydrogen (secondary N) is 3. The largest absolute Gasteiger partial charge is 0.347 e. The molecule has 22 heteroatoms. The molecule has 0 atom stereocenters. The molecule has 0 amide bonds. The summed E-state index contributed by atoms with van der Waals surface area (Å²) in [7, 11) is 3.89. The molecule has 0 bridgehead atoms. The number of aryl methyl sites for hydroxylation is 2. The molecular formula is C62H89N19O3. The molecule has 0 aromatic carbocycles. The quantitative estimate of drug-likeness (QED) is 0.103. The lowest BCUT2D eigenvalue weighted by molar-refractivity contribution is 0.203. The predicted octanol–water partition coefficient (Wildman–Crippen LogP) is 6.73. The minimum absolute atomic E-state index is 0.0267. The Morgan fingerprint density at radius 2 is 0.726 bits per heavy atom. The van der Waals surface area contributed by atoms with Gasteiger partial charge in [-0.25, -0.2) is 44.9 Å². The first kappa shape index (κ1) is 60.1. The highest BCUT2D eigenvalue weighted by Crippen LogP contribution is 2.31. The Bertz CT molecular complexity index is 3150. The first-order valence-corrected chi connectivity index (χ1v) is 31.3. The summed E-state index contributed by atoms with van der Waals surface area (Å²) in [4.78, 5) is 102. The van der Waals surface area contributed by atoms with E-state index in [0.29, 0.717) is 17.8 Å². The van der Waals surface area contributed by atoms with Gasteiger partial charge in [0.2, 0.25) is 23.8 Å². The highest BCUT2D eigenvalue weighted by Gasteiger charge is 2.27. The van der Waals surface area contributed by atoms with Crippen LogP contribution < -0.4 is 36.3 Å². The maximum absolute atomic E-state index is 12.2. The van der Waals surface area contributed by atoms with Gasteiger partial charge in [0.05, 0.1) is 17.1 Å². The smallest absolute Gasteiger partial charge is 0.252 e. The van der Waals surface area contributed by atoms with Crippen molar-refractivity contribution in [3.63, 3.8) is 0 Å². The highest BCUT2D eigenvalue weighted by molar-refractivity contribution is 5.34. The van der Waals surface area contributed by atoms with Crippen LogP contribution in [0.5, 0.6) is 0 Å². The Labute approximate surface area is 494 Å². The van der Waals surface area contributed by atoms with Gasteiger partial charge in [-0.3, -0.25) is 44.0 Å². The van der Waals surface area contributed by atoms with E-state index in [-0.39, 0.29) is 16.7 Å². The fraction of sp³-hybridized carbons (Fsp3) is 0.613. The summed E-state index contributed by atoms with van der Waals surface area (Å²) in [5.41, 5.74) is 6.23. The summed E-state index contributed by atoms with van der Waals surface area (Å²) >= 11 is 0. The van der Waals surface area contributed by atoms with E-state index >= 15 is 0 Å². The molecule has 22 nitrogen and oxygen atoms in total. The van der Waals surface area contributed by atoms with Crippen LogP contribution in [0.3, 0.4) is 0 Å². The molecule has 6 aliphatic heterocycles. The van der Waals surface area contributed by atoms with E-state index in [1.807, 2.05) is 63.1 Å². The van der Waals surface area contributed by atoms with Crippen molar-refractivity contribution in [2.24, 2.45) is 0 Å². The lowest BCUT2D eigenvalue weighted by Crippen LogP contribution is -2.35. The van der Waals surface area contributed by atoms with Crippen LogP contribution in [-0.4, -0.2) is 167 Å². The molecule has 84 heavy (non-hydrogen) atoms. The number of aromatic amines is 3. The summed E-state index contributed by atoms with van der Waals surface area (Å²) in [6, 6.07) is 5.09. The Balaban J connectivity index is 0.000000140. The third-order valence-corrected chi connectivity index (χ3v) is 17.5. The Morgan fingerprint density at radius 3 is 1.02 bits per heavy atom. The maximum atomic E-state index is 12.2. The van der Waals surface area contributed by atoms with E-state index < -0.39 is 0 Å². The van der Waals surface area contributed by atoms with Crippen LogP contribution >= 0.6 is 0 Å². The minimum atomic E-state index is -0.0314. The molecular weight excluding hydrogens is 1060 g/mol. The number of piperidine rings is 6. The number of anilines is 4. The van der Waals surface area contributed by atoms with Crippen molar-refractivity contribution < 1.29 is 0 Å². The second-order valence-corrected chi connectivity index (χ2v) is 24.1. The molecule has 0 saturated carbocycles. The van der Waals surface area contributed by atoms with Gasteiger partial charge in [-0.15, -0.1) is 0 Å². The third-order valence-electron chi connectivity index (χ3n) is 17.5. The molecule has 0 unspecified atom stereocenters. The molecule has 0 radical (unpaired) electrons. The average Bonchev–Trinajstić information content (AvgIpc) is 3.53. The number of H-pyrrole nitrogens is 3. The number of hydrogen-bond acceptors (Lipinski definition) is 19. The topological polar surface area (TPSA) is 237 Å². The van der Waals surface area contributed by atoms with E-state index in [4.69, 9.17) is 15.0 Å². The molecule has 6 fully saturated rings. The van der Waals surface area contributed by atoms with E-state index in [2.05, 4.69) is 81.2 Å². The zero-order valence-corrected chi connectivity index (χ0v) is 50.2. The van der Waals surface area contributed by atoms with Crippen LogP contribution in [0.25, 0.3) is 0 Å². The van der Waals surface area contributed by atoms with Gasteiger partial charge >= 0.3 is 0 Å². The summed E-state index contributed by atoms with van der Waals surface area (Å²) < 4.78 is 0. The summed E-state index contributed by atoms with van der Waals surface area (Å²) in [6.45, 7) is 18.6.